The first-order valence-corrected chi connectivity index (χ1v) is 8.50. The molecular weight excluding hydrogens is 364 g/mol. The summed E-state index contributed by atoms with van der Waals surface area (Å²) in [5.74, 6) is -2.00. The number of amides is 3. The topological polar surface area (TPSA) is 102 Å². The minimum atomic E-state index is -0.851. The van der Waals surface area contributed by atoms with Gasteiger partial charge < -0.3 is 14.8 Å². The maximum Gasteiger partial charge on any atom is 0.326 e. The Morgan fingerprint density at radius 2 is 1.79 bits per heavy atom. The van der Waals surface area contributed by atoms with Crippen LogP contribution in [-0.2, 0) is 25.5 Å². The van der Waals surface area contributed by atoms with Crippen LogP contribution >= 0.6 is 0 Å². The van der Waals surface area contributed by atoms with Crippen molar-refractivity contribution in [3.8, 4) is 5.75 Å². The maximum atomic E-state index is 12.4. The van der Waals surface area contributed by atoms with E-state index in [-0.39, 0.29) is 6.42 Å². The van der Waals surface area contributed by atoms with E-state index < -0.39 is 36.8 Å². The van der Waals surface area contributed by atoms with Gasteiger partial charge in [0.1, 0.15) is 12.3 Å². The molecule has 1 heterocycles. The molecule has 3 rings (SSSR count). The number of hydrogen-bond donors (Lipinski definition) is 1. The van der Waals surface area contributed by atoms with Crippen LogP contribution in [0.1, 0.15) is 15.9 Å². The molecule has 0 unspecified atom stereocenters. The Bertz CT molecular complexity index is 940. The second-order valence-electron chi connectivity index (χ2n) is 6.03. The summed E-state index contributed by atoms with van der Waals surface area (Å²) >= 11 is 0. The Balaban J connectivity index is 1.55. The molecule has 0 aromatic heterocycles. The summed E-state index contributed by atoms with van der Waals surface area (Å²) in [4.78, 5) is 49.4. The van der Waals surface area contributed by atoms with Crippen molar-refractivity contribution in [3.05, 3.63) is 59.7 Å². The number of benzene rings is 2. The lowest BCUT2D eigenvalue weighted by Gasteiger charge is -2.25. The number of para-hydroxylation sites is 2. The van der Waals surface area contributed by atoms with Crippen LogP contribution in [0.15, 0.2) is 48.5 Å². The quantitative estimate of drug-likeness (QED) is 0.599. The Morgan fingerprint density at radius 3 is 2.57 bits per heavy atom. The number of anilines is 1. The smallest absolute Gasteiger partial charge is 0.326 e. The van der Waals surface area contributed by atoms with Gasteiger partial charge in [-0.25, -0.2) is 0 Å². The predicted molar refractivity (Wildman–Crippen MR) is 98.8 cm³/mol. The third kappa shape index (κ3) is 4.17. The highest BCUT2D eigenvalue weighted by Crippen LogP contribution is 2.23. The fourth-order valence-electron chi connectivity index (χ4n) is 2.82. The second-order valence-corrected chi connectivity index (χ2v) is 6.03. The summed E-state index contributed by atoms with van der Waals surface area (Å²) in [6.07, 6.45) is 0.0312. The van der Waals surface area contributed by atoms with E-state index in [2.05, 4.69) is 5.32 Å². The fourth-order valence-corrected chi connectivity index (χ4v) is 2.82. The monoisotopic (exact) mass is 382 g/mol. The molecule has 0 saturated carbocycles. The van der Waals surface area contributed by atoms with Gasteiger partial charge in [0.05, 0.1) is 19.2 Å². The second kappa shape index (κ2) is 8.34. The highest BCUT2D eigenvalue weighted by Gasteiger charge is 2.32. The molecule has 0 bridgehead atoms. The fraction of sp³-hybridized carbons (Fsp3) is 0.200. The summed E-state index contributed by atoms with van der Waals surface area (Å²) < 4.78 is 10.0. The number of esters is 1. The lowest BCUT2D eigenvalue weighted by Crippen LogP contribution is -2.45. The summed E-state index contributed by atoms with van der Waals surface area (Å²) in [5, 5.41) is 2.56. The molecule has 0 aliphatic carbocycles. The number of carbonyl (C=O) groups is 4. The van der Waals surface area contributed by atoms with E-state index in [4.69, 9.17) is 9.47 Å². The average molecular weight is 382 g/mol. The number of imide groups is 1. The minimum absolute atomic E-state index is 0.0312. The lowest BCUT2D eigenvalue weighted by molar-refractivity contribution is -0.150. The first kappa shape index (κ1) is 19.1. The molecule has 2 aromatic rings. The SMILES string of the molecule is COc1ccccc1NC(=O)COC(=O)CN1C(=O)Cc2ccccc2C1=O. The van der Waals surface area contributed by atoms with Crippen molar-refractivity contribution in [2.75, 3.05) is 25.6 Å². The molecule has 1 N–H and O–H groups in total. The van der Waals surface area contributed by atoms with Gasteiger partial charge in [-0.2, -0.15) is 0 Å². The van der Waals surface area contributed by atoms with Crippen LogP contribution in [0, 0.1) is 0 Å². The van der Waals surface area contributed by atoms with Crippen molar-refractivity contribution in [2.45, 2.75) is 6.42 Å². The summed E-state index contributed by atoms with van der Waals surface area (Å²) in [6, 6.07) is 13.5. The molecule has 1 aliphatic rings. The molecule has 0 atom stereocenters. The maximum absolute atomic E-state index is 12.4. The number of nitrogens with zero attached hydrogens (tertiary/aromatic N) is 1. The molecule has 0 fully saturated rings. The van der Waals surface area contributed by atoms with Crippen molar-refractivity contribution in [1.82, 2.24) is 4.90 Å². The van der Waals surface area contributed by atoms with Crippen LogP contribution in [0.2, 0.25) is 0 Å². The minimum Gasteiger partial charge on any atom is -0.495 e. The molecule has 2 aromatic carbocycles. The van der Waals surface area contributed by atoms with E-state index >= 15 is 0 Å². The number of fused-ring (bicyclic) bond motifs is 1. The molecule has 0 spiro atoms. The largest absolute Gasteiger partial charge is 0.495 e. The number of ether oxygens (including phenoxy) is 2. The molecule has 8 heteroatoms. The summed E-state index contributed by atoms with van der Waals surface area (Å²) in [7, 11) is 1.47. The highest BCUT2D eigenvalue weighted by molar-refractivity contribution is 6.11. The normalized spacial score (nSPS) is 13.0. The molecule has 0 radical (unpaired) electrons. The van der Waals surface area contributed by atoms with Gasteiger partial charge in [0.15, 0.2) is 6.61 Å². The van der Waals surface area contributed by atoms with E-state index in [0.717, 1.165) is 4.90 Å². The van der Waals surface area contributed by atoms with Gasteiger partial charge in [-0.1, -0.05) is 30.3 Å². The Labute approximate surface area is 161 Å². The number of carbonyl (C=O) groups excluding carboxylic acids is 4. The molecule has 8 nitrogen and oxygen atoms in total. The first-order valence-electron chi connectivity index (χ1n) is 8.50. The van der Waals surface area contributed by atoms with Gasteiger partial charge in [-0.3, -0.25) is 24.1 Å². The van der Waals surface area contributed by atoms with Gasteiger partial charge in [0, 0.05) is 5.56 Å². The van der Waals surface area contributed by atoms with E-state index in [1.54, 1.807) is 48.5 Å². The number of rotatable bonds is 6. The molecule has 0 saturated heterocycles. The van der Waals surface area contributed by atoms with Gasteiger partial charge in [-0.15, -0.1) is 0 Å². The van der Waals surface area contributed by atoms with Crippen molar-refractivity contribution in [2.24, 2.45) is 0 Å². The highest BCUT2D eigenvalue weighted by atomic mass is 16.5. The summed E-state index contributed by atoms with van der Waals surface area (Å²) in [5.41, 5.74) is 1.44. The number of methoxy groups -OCH3 is 1. The predicted octanol–water partition coefficient (Wildman–Crippen LogP) is 1.40. The van der Waals surface area contributed by atoms with Crippen LogP contribution < -0.4 is 10.1 Å². The molecular formula is C20H18N2O6. The van der Waals surface area contributed by atoms with Crippen LogP contribution in [-0.4, -0.2) is 48.9 Å². The van der Waals surface area contributed by atoms with Gasteiger partial charge >= 0.3 is 5.97 Å². The van der Waals surface area contributed by atoms with E-state index in [1.807, 2.05) is 0 Å². The summed E-state index contributed by atoms with van der Waals surface area (Å²) in [6.45, 7) is -1.10. The Kier molecular flexibility index (Phi) is 5.69. The van der Waals surface area contributed by atoms with Crippen LogP contribution in [0.5, 0.6) is 5.75 Å². The Morgan fingerprint density at radius 1 is 1.07 bits per heavy atom. The van der Waals surface area contributed by atoms with E-state index in [1.165, 1.54) is 7.11 Å². The van der Waals surface area contributed by atoms with Gasteiger partial charge in [0.25, 0.3) is 11.8 Å². The molecule has 3 amide bonds. The first-order chi connectivity index (χ1) is 13.5. The molecule has 28 heavy (non-hydrogen) atoms. The van der Waals surface area contributed by atoms with Crippen LogP contribution in [0.4, 0.5) is 5.69 Å². The lowest BCUT2D eigenvalue weighted by atomic mass is 9.98. The van der Waals surface area contributed by atoms with Crippen molar-refractivity contribution < 1.29 is 28.7 Å². The zero-order chi connectivity index (χ0) is 20.1. The van der Waals surface area contributed by atoms with E-state index in [9.17, 15) is 19.2 Å². The van der Waals surface area contributed by atoms with Crippen molar-refractivity contribution in [3.63, 3.8) is 0 Å². The zero-order valence-electron chi connectivity index (χ0n) is 15.1. The number of hydrogen-bond acceptors (Lipinski definition) is 6. The standard InChI is InChI=1S/C20H18N2O6/c1-27-16-9-5-4-8-15(16)21-17(23)12-28-19(25)11-22-18(24)10-13-6-2-3-7-14(13)20(22)26/h2-9H,10-12H2,1H3,(H,21,23). The van der Waals surface area contributed by atoms with Crippen molar-refractivity contribution >= 4 is 29.4 Å². The van der Waals surface area contributed by atoms with Crippen LogP contribution in [0.25, 0.3) is 0 Å². The molecule has 144 valence electrons. The number of nitrogens with one attached hydrogen (secondary N) is 1. The van der Waals surface area contributed by atoms with E-state index in [0.29, 0.717) is 22.6 Å². The third-order valence-electron chi connectivity index (χ3n) is 4.17. The van der Waals surface area contributed by atoms with Crippen LogP contribution in [0.3, 0.4) is 0 Å². The average Bonchev–Trinajstić information content (AvgIpc) is 2.70. The van der Waals surface area contributed by atoms with Crippen molar-refractivity contribution in [1.29, 1.82) is 0 Å². The third-order valence-corrected chi connectivity index (χ3v) is 4.17. The van der Waals surface area contributed by atoms with Gasteiger partial charge in [0.2, 0.25) is 5.91 Å². The molecule has 1 aliphatic heterocycles. The van der Waals surface area contributed by atoms with Gasteiger partial charge in [-0.05, 0) is 23.8 Å². The zero-order valence-corrected chi connectivity index (χ0v) is 15.1. The Hall–Kier alpha value is -3.68.